The third-order valence-corrected chi connectivity index (χ3v) is 7.45. The Kier molecular flexibility index (Phi) is 11.2. The van der Waals surface area contributed by atoms with Gasteiger partial charge in [0, 0.05) is 46.1 Å². The number of halogens is 2. The van der Waals surface area contributed by atoms with Crippen LogP contribution in [0.15, 0.2) is 83.8 Å². The summed E-state index contributed by atoms with van der Waals surface area (Å²) in [5.41, 5.74) is 1.93. The molecule has 0 bridgehead atoms. The van der Waals surface area contributed by atoms with Gasteiger partial charge in [-0.1, -0.05) is 72.6 Å². The highest BCUT2D eigenvalue weighted by Gasteiger charge is 2.30. The Balaban J connectivity index is 1.84. The van der Waals surface area contributed by atoms with E-state index in [0.29, 0.717) is 35.2 Å². The van der Waals surface area contributed by atoms with E-state index in [1.165, 1.54) is 0 Å². The summed E-state index contributed by atoms with van der Waals surface area (Å²) in [5.74, 6) is 0.398. The van der Waals surface area contributed by atoms with Crippen molar-refractivity contribution in [1.82, 2.24) is 10.2 Å². The maximum absolute atomic E-state index is 13.6. The minimum absolute atomic E-state index is 0.0173. The first kappa shape index (κ1) is 28.1. The fraction of sp³-hybridized carbons (Fsp3) is 0.310. The Morgan fingerprint density at radius 2 is 1.50 bits per heavy atom. The summed E-state index contributed by atoms with van der Waals surface area (Å²) < 4.78 is 0. The summed E-state index contributed by atoms with van der Waals surface area (Å²) in [4.78, 5) is 29.9. The van der Waals surface area contributed by atoms with Crippen LogP contribution in [0.25, 0.3) is 0 Å². The molecule has 0 spiro atoms. The van der Waals surface area contributed by atoms with Crippen LogP contribution in [0.2, 0.25) is 10.0 Å². The molecule has 0 saturated carbocycles. The predicted octanol–water partition coefficient (Wildman–Crippen LogP) is 7.03. The van der Waals surface area contributed by atoms with Gasteiger partial charge in [-0.15, -0.1) is 11.8 Å². The van der Waals surface area contributed by atoms with Crippen molar-refractivity contribution in [3.8, 4) is 0 Å². The molecule has 36 heavy (non-hydrogen) atoms. The first-order chi connectivity index (χ1) is 17.4. The molecule has 3 rings (SSSR count). The lowest BCUT2D eigenvalue weighted by Gasteiger charge is -2.32. The lowest BCUT2D eigenvalue weighted by Crippen LogP contribution is -2.52. The zero-order valence-electron chi connectivity index (χ0n) is 20.6. The lowest BCUT2D eigenvalue weighted by molar-refractivity contribution is -0.141. The molecule has 0 radical (unpaired) electrons. The standard InChI is InChI=1S/C29H32Cl2N2O2S/c1-3-21(2)32-29(35)27(19-22-7-5-4-6-8-22)33(20-23-9-11-24(30)12-10-23)28(34)17-18-36-26-15-13-25(31)14-16-26/h4-16,21,27H,3,17-20H2,1-2H3,(H,32,35)/t21-,27-/m0/s1. The molecule has 2 amide bonds. The fourth-order valence-electron chi connectivity index (χ4n) is 3.71. The van der Waals surface area contributed by atoms with E-state index in [4.69, 9.17) is 23.2 Å². The van der Waals surface area contributed by atoms with Crippen LogP contribution in [0.4, 0.5) is 0 Å². The maximum atomic E-state index is 13.6. The van der Waals surface area contributed by atoms with Crippen molar-refractivity contribution < 1.29 is 9.59 Å². The van der Waals surface area contributed by atoms with E-state index < -0.39 is 6.04 Å². The molecule has 3 aromatic carbocycles. The quantitative estimate of drug-likeness (QED) is 0.250. The van der Waals surface area contributed by atoms with Gasteiger partial charge in [-0.05, 0) is 60.9 Å². The third kappa shape index (κ3) is 8.88. The molecule has 0 saturated heterocycles. The molecule has 0 unspecified atom stereocenters. The van der Waals surface area contributed by atoms with Gasteiger partial charge in [-0.3, -0.25) is 9.59 Å². The molecule has 1 N–H and O–H groups in total. The van der Waals surface area contributed by atoms with Gasteiger partial charge >= 0.3 is 0 Å². The molecule has 4 nitrogen and oxygen atoms in total. The van der Waals surface area contributed by atoms with Crippen molar-refractivity contribution in [2.75, 3.05) is 5.75 Å². The van der Waals surface area contributed by atoms with Crippen LogP contribution in [0, 0.1) is 0 Å². The Bertz CT molecular complexity index is 1110. The molecule has 7 heteroatoms. The summed E-state index contributed by atoms with van der Waals surface area (Å²) >= 11 is 13.7. The summed E-state index contributed by atoms with van der Waals surface area (Å²) in [6, 6.07) is 24.2. The van der Waals surface area contributed by atoms with Crippen molar-refractivity contribution in [1.29, 1.82) is 0 Å². The smallest absolute Gasteiger partial charge is 0.243 e. The number of nitrogens with one attached hydrogen (secondary N) is 1. The normalized spacial score (nSPS) is 12.6. The minimum Gasteiger partial charge on any atom is -0.352 e. The second-order valence-corrected chi connectivity index (χ2v) is 10.8. The van der Waals surface area contributed by atoms with E-state index in [-0.39, 0.29) is 17.9 Å². The molecule has 0 aliphatic rings. The van der Waals surface area contributed by atoms with Crippen LogP contribution in [0.3, 0.4) is 0 Å². The Labute approximate surface area is 228 Å². The van der Waals surface area contributed by atoms with Crippen LogP contribution in [0.1, 0.15) is 37.8 Å². The van der Waals surface area contributed by atoms with E-state index in [0.717, 1.165) is 22.4 Å². The molecule has 190 valence electrons. The highest BCUT2D eigenvalue weighted by atomic mass is 35.5. The Morgan fingerprint density at radius 3 is 2.11 bits per heavy atom. The number of hydrogen-bond acceptors (Lipinski definition) is 3. The number of carbonyl (C=O) groups is 2. The van der Waals surface area contributed by atoms with Crippen molar-refractivity contribution >= 4 is 46.8 Å². The maximum Gasteiger partial charge on any atom is 0.243 e. The average Bonchev–Trinajstić information content (AvgIpc) is 2.88. The number of amides is 2. The number of rotatable bonds is 12. The molecule has 0 aromatic heterocycles. The lowest BCUT2D eigenvalue weighted by atomic mass is 10.0. The molecule has 0 aliphatic carbocycles. The van der Waals surface area contributed by atoms with Gasteiger partial charge in [0.05, 0.1) is 0 Å². The molecule has 0 heterocycles. The first-order valence-corrected chi connectivity index (χ1v) is 13.9. The summed E-state index contributed by atoms with van der Waals surface area (Å²) in [5, 5.41) is 4.41. The van der Waals surface area contributed by atoms with Crippen LogP contribution in [0.5, 0.6) is 0 Å². The summed E-state index contributed by atoms with van der Waals surface area (Å²) in [7, 11) is 0. The van der Waals surface area contributed by atoms with Gasteiger partial charge in [0.2, 0.25) is 11.8 Å². The Hall–Kier alpha value is -2.47. The molecular weight excluding hydrogens is 511 g/mol. The van der Waals surface area contributed by atoms with Crippen LogP contribution in [-0.4, -0.2) is 34.6 Å². The SMILES string of the molecule is CC[C@H](C)NC(=O)[C@H](Cc1ccccc1)N(Cc1ccc(Cl)cc1)C(=O)CCSc1ccc(Cl)cc1. The molecule has 3 aromatic rings. The van der Waals surface area contributed by atoms with Crippen LogP contribution >= 0.6 is 35.0 Å². The van der Waals surface area contributed by atoms with E-state index in [1.807, 2.05) is 80.6 Å². The van der Waals surface area contributed by atoms with E-state index >= 15 is 0 Å². The fourth-order valence-corrected chi connectivity index (χ4v) is 4.81. The Morgan fingerprint density at radius 1 is 0.889 bits per heavy atom. The van der Waals surface area contributed by atoms with Gasteiger partial charge < -0.3 is 10.2 Å². The van der Waals surface area contributed by atoms with Crippen LogP contribution in [-0.2, 0) is 22.6 Å². The summed E-state index contributed by atoms with van der Waals surface area (Å²) in [6.07, 6.45) is 1.56. The molecule has 0 fully saturated rings. The van der Waals surface area contributed by atoms with Crippen molar-refractivity contribution in [2.24, 2.45) is 0 Å². The van der Waals surface area contributed by atoms with Crippen molar-refractivity contribution in [3.63, 3.8) is 0 Å². The van der Waals surface area contributed by atoms with Gasteiger partial charge in [0.15, 0.2) is 0 Å². The topological polar surface area (TPSA) is 49.4 Å². The van der Waals surface area contributed by atoms with Gasteiger partial charge in [0.1, 0.15) is 6.04 Å². The summed E-state index contributed by atoms with van der Waals surface area (Å²) in [6.45, 7) is 4.33. The molecule has 0 aliphatic heterocycles. The van der Waals surface area contributed by atoms with Gasteiger partial charge in [-0.2, -0.15) is 0 Å². The average molecular weight is 544 g/mol. The minimum atomic E-state index is -0.634. The van der Waals surface area contributed by atoms with Gasteiger partial charge in [-0.25, -0.2) is 0 Å². The zero-order valence-corrected chi connectivity index (χ0v) is 23.0. The monoisotopic (exact) mass is 542 g/mol. The first-order valence-electron chi connectivity index (χ1n) is 12.1. The zero-order chi connectivity index (χ0) is 25.9. The number of hydrogen-bond donors (Lipinski definition) is 1. The number of thioether (sulfide) groups is 1. The van der Waals surface area contributed by atoms with Crippen molar-refractivity contribution in [2.45, 2.75) is 56.6 Å². The van der Waals surface area contributed by atoms with E-state index in [1.54, 1.807) is 28.8 Å². The highest BCUT2D eigenvalue weighted by Crippen LogP contribution is 2.23. The van der Waals surface area contributed by atoms with E-state index in [2.05, 4.69) is 5.32 Å². The second kappa shape index (κ2) is 14.3. The number of nitrogens with zero attached hydrogens (tertiary/aromatic N) is 1. The number of carbonyl (C=O) groups excluding carboxylic acids is 2. The number of benzene rings is 3. The predicted molar refractivity (Wildman–Crippen MR) is 151 cm³/mol. The third-order valence-electron chi connectivity index (χ3n) is 5.94. The second-order valence-electron chi connectivity index (χ2n) is 8.72. The van der Waals surface area contributed by atoms with Crippen molar-refractivity contribution in [3.05, 3.63) is 100 Å². The molecular formula is C29H32Cl2N2O2S. The highest BCUT2D eigenvalue weighted by molar-refractivity contribution is 7.99. The molecule has 2 atom stereocenters. The van der Waals surface area contributed by atoms with Gasteiger partial charge in [0.25, 0.3) is 0 Å². The van der Waals surface area contributed by atoms with E-state index in [9.17, 15) is 9.59 Å². The largest absolute Gasteiger partial charge is 0.352 e. The van der Waals surface area contributed by atoms with Crippen LogP contribution < -0.4 is 5.32 Å².